The highest BCUT2D eigenvalue weighted by molar-refractivity contribution is 9.10. The second-order valence-corrected chi connectivity index (χ2v) is 5.79. The SMILES string of the molecule is Cc1nc(NCC2(CCCl)CC2)ccc1Br. The molecule has 0 radical (unpaired) electrons. The van der Waals surface area contributed by atoms with Crippen LogP contribution in [0, 0.1) is 12.3 Å². The average Bonchev–Trinajstić information content (AvgIpc) is 3.01. The third-order valence-electron chi connectivity index (χ3n) is 3.25. The van der Waals surface area contributed by atoms with Crippen LogP contribution in [0.3, 0.4) is 0 Å². The summed E-state index contributed by atoms with van der Waals surface area (Å²) in [4.78, 5) is 4.47. The van der Waals surface area contributed by atoms with Gasteiger partial charge < -0.3 is 5.32 Å². The Kier molecular flexibility index (Phi) is 3.75. The first-order chi connectivity index (χ1) is 7.65. The molecule has 1 aliphatic carbocycles. The molecule has 0 spiro atoms. The summed E-state index contributed by atoms with van der Waals surface area (Å²) in [6.07, 6.45) is 3.70. The standard InChI is InChI=1S/C12H16BrClN2/c1-9-10(13)2-3-11(16-9)15-8-12(4-5-12)6-7-14/h2-3H,4-8H2,1H3,(H,15,16). The minimum atomic E-state index is 0.449. The molecular formula is C12H16BrClN2. The molecule has 0 aliphatic heterocycles. The molecule has 0 amide bonds. The van der Waals surface area contributed by atoms with E-state index in [9.17, 15) is 0 Å². The van der Waals surface area contributed by atoms with E-state index in [0.717, 1.165) is 34.8 Å². The summed E-state index contributed by atoms with van der Waals surface area (Å²) in [5, 5.41) is 3.41. The van der Waals surface area contributed by atoms with Gasteiger partial charge in [-0.1, -0.05) is 0 Å². The van der Waals surface area contributed by atoms with Crippen LogP contribution in [0.1, 0.15) is 25.0 Å². The monoisotopic (exact) mass is 302 g/mol. The molecule has 2 rings (SSSR count). The van der Waals surface area contributed by atoms with Crippen LogP contribution in [0.2, 0.25) is 0 Å². The van der Waals surface area contributed by atoms with Crippen molar-refractivity contribution >= 4 is 33.3 Å². The maximum atomic E-state index is 5.80. The summed E-state index contributed by atoms with van der Waals surface area (Å²) in [6, 6.07) is 4.04. The van der Waals surface area contributed by atoms with Crippen molar-refractivity contribution in [3.8, 4) is 0 Å². The summed E-state index contributed by atoms with van der Waals surface area (Å²) in [7, 11) is 0. The number of hydrogen-bond acceptors (Lipinski definition) is 2. The van der Waals surface area contributed by atoms with Crippen LogP contribution < -0.4 is 5.32 Å². The maximum Gasteiger partial charge on any atom is 0.126 e. The van der Waals surface area contributed by atoms with Gasteiger partial charge in [-0.3, -0.25) is 0 Å². The molecule has 0 bridgehead atoms. The number of nitrogens with one attached hydrogen (secondary N) is 1. The van der Waals surface area contributed by atoms with Gasteiger partial charge in [-0.2, -0.15) is 0 Å². The largest absolute Gasteiger partial charge is 0.370 e. The van der Waals surface area contributed by atoms with Crippen molar-refractivity contribution in [3.63, 3.8) is 0 Å². The van der Waals surface area contributed by atoms with Crippen molar-refractivity contribution in [2.24, 2.45) is 5.41 Å². The molecule has 0 saturated heterocycles. The Morgan fingerprint density at radius 1 is 1.50 bits per heavy atom. The van der Waals surface area contributed by atoms with E-state index in [4.69, 9.17) is 11.6 Å². The smallest absolute Gasteiger partial charge is 0.126 e. The third-order valence-corrected chi connectivity index (χ3v) is 4.27. The van der Waals surface area contributed by atoms with E-state index in [-0.39, 0.29) is 0 Å². The Balaban J connectivity index is 1.92. The molecule has 1 heterocycles. The third kappa shape index (κ3) is 2.89. The number of halogens is 2. The molecular weight excluding hydrogens is 288 g/mol. The first kappa shape index (κ1) is 12.2. The zero-order chi connectivity index (χ0) is 11.6. The van der Waals surface area contributed by atoms with E-state index in [1.807, 2.05) is 19.1 Å². The summed E-state index contributed by atoms with van der Waals surface area (Å²) < 4.78 is 1.06. The fraction of sp³-hybridized carbons (Fsp3) is 0.583. The van der Waals surface area contributed by atoms with Crippen molar-refractivity contribution in [2.75, 3.05) is 17.7 Å². The van der Waals surface area contributed by atoms with Gasteiger partial charge in [0.2, 0.25) is 0 Å². The number of rotatable bonds is 5. The lowest BCUT2D eigenvalue weighted by molar-refractivity contribution is 0.524. The van der Waals surface area contributed by atoms with E-state index < -0.39 is 0 Å². The van der Waals surface area contributed by atoms with Crippen molar-refractivity contribution in [1.29, 1.82) is 0 Å². The number of alkyl halides is 1. The van der Waals surface area contributed by atoms with Gasteiger partial charge >= 0.3 is 0 Å². The van der Waals surface area contributed by atoms with Crippen molar-refractivity contribution < 1.29 is 0 Å². The predicted octanol–water partition coefficient (Wildman–Crippen LogP) is 3.97. The number of nitrogens with zero attached hydrogens (tertiary/aromatic N) is 1. The number of aryl methyl sites for hydroxylation is 1. The van der Waals surface area contributed by atoms with E-state index in [1.165, 1.54) is 12.8 Å². The highest BCUT2D eigenvalue weighted by Crippen LogP contribution is 2.48. The zero-order valence-corrected chi connectivity index (χ0v) is 11.7. The lowest BCUT2D eigenvalue weighted by Gasteiger charge is -2.15. The number of hydrogen-bond donors (Lipinski definition) is 1. The predicted molar refractivity (Wildman–Crippen MR) is 72.2 cm³/mol. The van der Waals surface area contributed by atoms with Crippen molar-refractivity contribution in [3.05, 3.63) is 22.3 Å². The van der Waals surface area contributed by atoms with E-state index >= 15 is 0 Å². The van der Waals surface area contributed by atoms with Gasteiger partial charge in [0.1, 0.15) is 5.82 Å². The number of aromatic nitrogens is 1. The first-order valence-corrected chi connectivity index (χ1v) is 6.91. The van der Waals surface area contributed by atoms with Gasteiger partial charge in [0, 0.05) is 16.9 Å². The molecule has 4 heteroatoms. The molecule has 0 aromatic carbocycles. The Morgan fingerprint density at radius 3 is 2.81 bits per heavy atom. The molecule has 1 aromatic rings. The molecule has 0 unspecified atom stereocenters. The normalized spacial score (nSPS) is 17.2. The van der Waals surface area contributed by atoms with Crippen LogP contribution in [0.5, 0.6) is 0 Å². The molecule has 1 aromatic heterocycles. The summed E-state index contributed by atoms with van der Waals surface area (Å²) in [5.41, 5.74) is 1.47. The summed E-state index contributed by atoms with van der Waals surface area (Å²) in [6.45, 7) is 2.99. The molecule has 16 heavy (non-hydrogen) atoms. The second-order valence-electron chi connectivity index (χ2n) is 4.56. The van der Waals surface area contributed by atoms with Crippen molar-refractivity contribution in [1.82, 2.24) is 4.98 Å². The van der Waals surface area contributed by atoms with E-state index in [2.05, 4.69) is 26.2 Å². The van der Waals surface area contributed by atoms with Gasteiger partial charge in [-0.05, 0) is 59.7 Å². The molecule has 88 valence electrons. The van der Waals surface area contributed by atoms with Crippen LogP contribution in [-0.4, -0.2) is 17.4 Å². The van der Waals surface area contributed by atoms with Gasteiger partial charge in [-0.15, -0.1) is 11.6 Å². The summed E-state index contributed by atoms with van der Waals surface area (Å²) >= 11 is 9.25. The highest BCUT2D eigenvalue weighted by Gasteiger charge is 2.41. The zero-order valence-electron chi connectivity index (χ0n) is 9.39. The quantitative estimate of drug-likeness (QED) is 0.833. The first-order valence-electron chi connectivity index (χ1n) is 5.58. The second kappa shape index (κ2) is 4.92. The molecule has 1 fully saturated rings. The highest BCUT2D eigenvalue weighted by atomic mass is 79.9. The topological polar surface area (TPSA) is 24.9 Å². The number of pyridine rings is 1. The Bertz CT molecular complexity index is 377. The van der Waals surface area contributed by atoms with Gasteiger partial charge in [0.15, 0.2) is 0 Å². The lowest BCUT2D eigenvalue weighted by Crippen LogP contribution is -2.16. The van der Waals surface area contributed by atoms with Crippen LogP contribution in [0.4, 0.5) is 5.82 Å². The Labute approximate surface area is 110 Å². The molecule has 1 N–H and O–H groups in total. The average molecular weight is 304 g/mol. The number of anilines is 1. The van der Waals surface area contributed by atoms with Crippen LogP contribution >= 0.6 is 27.5 Å². The van der Waals surface area contributed by atoms with Gasteiger partial charge in [0.05, 0.1) is 5.69 Å². The Morgan fingerprint density at radius 2 is 2.25 bits per heavy atom. The molecule has 1 aliphatic rings. The van der Waals surface area contributed by atoms with Gasteiger partial charge in [0.25, 0.3) is 0 Å². The minimum absolute atomic E-state index is 0.449. The molecule has 0 atom stereocenters. The molecule has 1 saturated carbocycles. The Hall–Kier alpha value is -0.280. The van der Waals surface area contributed by atoms with Crippen molar-refractivity contribution in [2.45, 2.75) is 26.2 Å². The fourth-order valence-electron chi connectivity index (χ4n) is 1.81. The minimum Gasteiger partial charge on any atom is -0.370 e. The fourth-order valence-corrected chi connectivity index (χ4v) is 2.43. The summed E-state index contributed by atoms with van der Waals surface area (Å²) in [5.74, 6) is 1.72. The van der Waals surface area contributed by atoms with E-state index in [0.29, 0.717) is 5.41 Å². The van der Waals surface area contributed by atoms with Crippen LogP contribution in [0.25, 0.3) is 0 Å². The van der Waals surface area contributed by atoms with E-state index in [1.54, 1.807) is 0 Å². The van der Waals surface area contributed by atoms with Crippen LogP contribution in [0.15, 0.2) is 16.6 Å². The lowest BCUT2D eigenvalue weighted by atomic mass is 10.0. The van der Waals surface area contributed by atoms with Gasteiger partial charge in [-0.25, -0.2) is 4.98 Å². The van der Waals surface area contributed by atoms with Crippen LogP contribution in [-0.2, 0) is 0 Å². The maximum absolute atomic E-state index is 5.80. The molecule has 2 nitrogen and oxygen atoms in total.